The Morgan fingerprint density at radius 3 is 2.50 bits per heavy atom. The van der Waals surface area contributed by atoms with Crippen molar-refractivity contribution >= 4 is 17.7 Å². The van der Waals surface area contributed by atoms with Crippen LogP contribution in [-0.2, 0) is 9.53 Å². The van der Waals surface area contributed by atoms with Gasteiger partial charge in [0.1, 0.15) is 5.56 Å². The SMILES string of the molecule is CCOC(=O)c1c(NC(=O)C(C)(C)C)n[nH]c1C. The van der Waals surface area contributed by atoms with Crippen molar-refractivity contribution in [2.75, 3.05) is 11.9 Å². The lowest BCUT2D eigenvalue weighted by Gasteiger charge is -2.16. The number of anilines is 1. The monoisotopic (exact) mass is 253 g/mol. The maximum atomic E-state index is 11.9. The van der Waals surface area contributed by atoms with Gasteiger partial charge in [-0.2, -0.15) is 5.10 Å². The molecule has 6 heteroatoms. The van der Waals surface area contributed by atoms with Gasteiger partial charge in [0.15, 0.2) is 5.82 Å². The van der Waals surface area contributed by atoms with Gasteiger partial charge in [-0.15, -0.1) is 0 Å². The summed E-state index contributed by atoms with van der Waals surface area (Å²) >= 11 is 0. The number of amides is 1. The molecule has 1 aromatic rings. The first-order valence-electron chi connectivity index (χ1n) is 5.81. The minimum atomic E-state index is -0.557. The van der Waals surface area contributed by atoms with Crippen LogP contribution in [0.15, 0.2) is 0 Å². The van der Waals surface area contributed by atoms with E-state index in [1.165, 1.54) is 0 Å². The number of aryl methyl sites for hydroxylation is 1. The molecule has 6 nitrogen and oxygen atoms in total. The van der Waals surface area contributed by atoms with Crippen LogP contribution >= 0.6 is 0 Å². The van der Waals surface area contributed by atoms with Crippen LogP contribution < -0.4 is 5.32 Å². The van der Waals surface area contributed by atoms with E-state index in [0.717, 1.165) is 0 Å². The Labute approximate surface area is 106 Å². The van der Waals surface area contributed by atoms with Crippen molar-refractivity contribution < 1.29 is 14.3 Å². The lowest BCUT2D eigenvalue weighted by atomic mass is 9.95. The standard InChI is InChI=1S/C12H19N3O3/c1-6-18-10(16)8-7(2)14-15-9(8)13-11(17)12(3,4)5/h6H2,1-5H3,(H2,13,14,15,17). The van der Waals surface area contributed by atoms with Crippen molar-refractivity contribution in [2.45, 2.75) is 34.6 Å². The fraction of sp³-hybridized carbons (Fsp3) is 0.583. The molecule has 1 aromatic heterocycles. The van der Waals surface area contributed by atoms with Gasteiger partial charge in [-0.25, -0.2) is 4.79 Å². The van der Waals surface area contributed by atoms with Gasteiger partial charge >= 0.3 is 5.97 Å². The second kappa shape index (κ2) is 5.20. The van der Waals surface area contributed by atoms with E-state index < -0.39 is 11.4 Å². The second-order valence-corrected chi connectivity index (χ2v) is 5.00. The van der Waals surface area contributed by atoms with E-state index in [1.807, 2.05) is 0 Å². The van der Waals surface area contributed by atoms with Crippen molar-refractivity contribution in [3.05, 3.63) is 11.3 Å². The Bertz CT molecular complexity index is 458. The number of H-pyrrole nitrogens is 1. The first-order chi connectivity index (χ1) is 8.27. The van der Waals surface area contributed by atoms with E-state index in [4.69, 9.17) is 4.74 Å². The number of ether oxygens (including phenoxy) is 1. The van der Waals surface area contributed by atoms with Crippen LogP contribution in [0, 0.1) is 12.3 Å². The van der Waals surface area contributed by atoms with Gasteiger partial charge in [0, 0.05) is 11.1 Å². The third-order valence-electron chi connectivity index (χ3n) is 2.34. The second-order valence-electron chi connectivity index (χ2n) is 5.00. The van der Waals surface area contributed by atoms with Crippen LogP contribution in [-0.4, -0.2) is 28.7 Å². The van der Waals surface area contributed by atoms with Gasteiger partial charge in [-0.3, -0.25) is 9.89 Å². The van der Waals surface area contributed by atoms with Crippen LogP contribution in [0.3, 0.4) is 0 Å². The molecule has 0 bridgehead atoms. The molecule has 1 amide bonds. The molecule has 2 N–H and O–H groups in total. The molecule has 0 fully saturated rings. The smallest absolute Gasteiger partial charge is 0.343 e. The molecule has 0 atom stereocenters. The molecular weight excluding hydrogens is 234 g/mol. The molecule has 0 aliphatic carbocycles. The molecule has 0 aliphatic rings. The maximum absolute atomic E-state index is 11.9. The zero-order chi connectivity index (χ0) is 13.9. The molecule has 0 spiro atoms. The zero-order valence-corrected chi connectivity index (χ0v) is 11.4. The summed E-state index contributed by atoms with van der Waals surface area (Å²) in [5, 5.41) is 9.21. The summed E-state index contributed by atoms with van der Waals surface area (Å²) in [5.41, 5.74) is 0.283. The zero-order valence-electron chi connectivity index (χ0n) is 11.4. The molecule has 1 heterocycles. The highest BCUT2D eigenvalue weighted by Crippen LogP contribution is 2.21. The molecule has 0 saturated heterocycles. The van der Waals surface area contributed by atoms with E-state index in [0.29, 0.717) is 5.69 Å². The minimum Gasteiger partial charge on any atom is -0.462 e. The summed E-state index contributed by atoms with van der Waals surface area (Å²) in [6, 6.07) is 0. The van der Waals surface area contributed by atoms with Crippen LogP contribution in [0.2, 0.25) is 0 Å². The highest BCUT2D eigenvalue weighted by Gasteiger charge is 2.26. The third-order valence-corrected chi connectivity index (χ3v) is 2.34. The highest BCUT2D eigenvalue weighted by atomic mass is 16.5. The molecule has 1 rings (SSSR count). The predicted molar refractivity (Wildman–Crippen MR) is 67.4 cm³/mol. The fourth-order valence-corrected chi connectivity index (χ4v) is 1.27. The molecular formula is C12H19N3O3. The molecule has 0 aliphatic heterocycles. The van der Waals surface area contributed by atoms with Crippen molar-refractivity contribution in [1.29, 1.82) is 0 Å². The van der Waals surface area contributed by atoms with Crippen molar-refractivity contribution in [3.8, 4) is 0 Å². The van der Waals surface area contributed by atoms with Crippen molar-refractivity contribution in [2.24, 2.45) is 5.41 Å². The highest BCUT2D eigenvalue weighted by molar-refractivity contribution is 6.02. The molecule has 0 saturated carbocycles. The Morgan fingerprint density at radius 1 is 1.39 bits per heavy atom. The summed E-state index contributed by atoms with van der Waals surface area (Å²) in [6.45, 7) is 9.05. The van der Waals surface area contributed by atoms with Crippen molar-refractivity contribution in [3.63, 3.8) is 0 Å². The van der Waals surface area contributed by atoms with Gasteiger partial charge in [-0.1, -0.05) is 20.8 Å². The average Bonchev–Trinajstić information content (AvgIpc) is 2.58. The first kappa shape index (κ1) is 14.2. The predicted octanol–water partition coefficient (Wildman–Crippen LogP) is 1.88. The normalized spacial score (nSPS) is 11.2. The summed E-state index contributed by atoms with van der Waals surface area (Å²) in [5.74, 6) is -0.488. The van der Waals surface area contributed by atoms with E-state index in [2.05, 4.69) is 15.5 Å². The van der Waals surface area contributed by atoms with Crippen molar-refractivity contribution in [1.82, 2.24) is 10.2 Å². The minimum absolute atomic E-state index is 0.209. The number of rotatable bonds is 3. The number of aromatic amines is 1. The van der Waals surface area contributed by atoms with Crippen LogP contribution in [0.4, 0.5) is 5.82 Å². The fourth-order valence-electron chi connectivity index (χ4n) is 1.27. The summed E-state index contributed by atoms with van der Waals surface area (Å²) in [4.78, 5) is 23.6. The van der Waals surface area contributed by atoms with E-state index in [1.54, 1.807) is 34.6 Å². The topological polar surface area (TPSA) is 84.1 Å². The Morgan fingerprint density at radius 2 is 2.00 bits per heavy atom. The van der Waals surface area contributed by atoms with E-state index in [-0.39, 0.29) is 23.9 Å². The number of hydrogen-bond donors (Lipinski definition) is 2. The largest absolute Gasteiger partial charge is 0.462 e. The van der Waals surface area contributed by atoms with E-state index in [9.17, 15) is 9.59 Å². The number of nitrogens with one attached hydrogen (secondary N) is 2. The number of nitrogens with zero attached hydrogens (tertiary/aromatic N) is 1. The Balaban J connectivity index is 2.98. The average molecular weight is 253 g/mol. The molecule has 18 heavy (non-hydrogen) atoms. The Kier molecular flexibility index (Phi) is 4.11. The van der Waals surface area contributed by atoms with Crippen LogP contribution in [0.25, 0.3) is 0 Å². The third kappa shape index (κ3) is 3.09. The first-order valence-corrected chi connectivity index (χ1v) is 5.81. The van der Waals surface area contributed by atoms with E-state index >= 15 is 0 Å². The van der Waals surface area contributed by atoms with Gasteiger partial charge in [0.05, 0.1) is 6.61 Å². The molecule has 0 aromatic carbocycles. The summed E-state index contributed by atoms with van der Waals surface area (Å²) < 4.78 is 4.92. The summed E-state index contributed by atoms with van der Waals surface area (Å²) in [7, 11) is 0. The number of hydrogen-bond acceptors (Lipinski definition) is 4. The van der Waals surface area contributed by atoms with Gasteiger partial charge in [0.2, 0.25) is 5.91 Å². The molecule has 0 radical (unpaired) electrons. The van der Waals surface area contributed by atoms with Gasteiger partial charge < -0.3 is 10.1 Å². The number of carbonyl (C=O) groups excluding carboxylic acids is 2. The lowest BCUT2D eigenvalue weighted by Crippen LogP contribution is -2.28. The summed E-state index contributed by atoms with van der Waals surface area (Å²) in [6.07, 6.45) is 0. The molecule has 100 valence electrons. The van der Waals surface area contributed by atoms with Crippen LogP contribution in [0.1, 0.15) is 43.7 Å². The molecule has 0 unspecified atom stereocenters. The number of esters is 1. The van der Waals surface area contributed by atoms with Gasteiger partial charge in [-0.05, 0) is 13.8 Å². The maximum Gasteiger partial charge on any atom is 0.343 e. The number of aromatic nitrogens is 2. The van der Waals surface area contributed by atoms with Gasteiger partial charge in [0.25, 0.3) is 0 Å². The lowest BCUT2D eigenvalue weighted by molar-refractivity contribution is -0.123. The van der Waals surface area contributed by atoms with Crippen LogP contribution in [0.5, 0.6) is 0 Å². The Hall–Kier alpha value is -1.85. The number of carbonyl (C=O) groups is 2. The quantitative estimate of drug-likeness (QED) is 0.805.